The van der Waals surface area contributed by atoms with Gasteiger partial charge in [-0.15, -0.1) is 11.8 Å². The second-order valence-electron chi connectivity index (χ2n) is 6.87. The molecule has 0 spiro atoms. The first kappa shape index (κ1) is 21.5. The molecular weight excluding hydrogens is 456 g/mol. The van der Waals surface area contributed by atoms with Gasteiger partial charge in [0.15, 0.2) is 0 Å². The zero-order valence-electron chi connectivity index (χ0n) is 16.5. The van der Waals surface area contributed by atoms with Crippen LogP contribution in [0.1, 0.15) is 6.92 Å². The number of benzene rings is 2. The van der Waals surface area contributed by atoms with E-state index in [4.69, 9.17) is 11.6 Å². The summed E-state index contributed by atoms with van der Waals surface area (Å²) in [5, 5.41) is 10.5. The number of carboxylic acid groups (broad SMARTS) is 1. The van der Waals surface area contributed by atoms with E-state index in [-0.39, 0.29) is 11.4 Å². The van der Waals surface area contributed by atoms with Gasteiger partial charge in [0, 0.05) is 50.5 Å². The van der Waals surface area contributed by atoms with E-state index in [2.05, 4.69) is 0 Å². The Balaban J connectivity index is 1.75. The van der Waals surface area contributed by atoms with E-state index in [1.807, 2.05) is 6.92 Å². The molecule has 0 saturated carbocycles. The molecule has 6 nitrogen and oxygen atoms in total. The summed E-state index contributed by atoms with van der Waals surface area (Å²) in [5.41, 5.74) is 2.07. The maximum atomic E-state index is 13.1. The summed E-state index contributed by atoms with van der Waals surface area (Å²) < 4.78 is 28.9. The normalized spacial score (nSPS) is 11.8. The molecule has 2 aromatic carbocycles. The van der Waals surface area contributed by atoms with Gasteiger partial charge in [-0.3, -0.25) is 4.79 Å². The summed E-state index contributed by atoms with van der Waals surface area (Å²) in [6, 6.07) is 13.7. The Bertz CT molecular complexity index is 1370. The highest BCUT2D eigenvalue weighted by atomic mass is 35.5. The van der Waals surface area contributed by atoms with Crippen molar-refractivity contribution in [3.63, 3.8) is 0 Å². The SMILES string of the molecule is CCSc1ccc(S(=O)(=O)n2ccc(-c3cn(CC(=O)O)c4ccc(Cl)cc34)c2)cc1. The smallest absolute Gasteiger partial charge is 0.323 e. The topological polar surface area (TPSA) is 81.3 Å². The first-order chi connectivity index (χ1) is 14.8. The molecule has 0 radical (unpaired) electrons. The number of nitrogens with zero attached hydrogens (tertiary/aromatic N) is 2. The molecule has 9 heteroatoms. The third kappa shape index (κ3) is 4.23. The Morgan fingerprint density at radius 3 is 2.52 bits per heavy atom. The van der Waals surface area contributed by atoms with Crippen LogP contribution in [-0.4, -0.2) is 33.8 Å². The monoisotopic (exact) mass is 474 g/mol. The molecule has 0 aliphatic heterocycles. The number of rotatable bonds is 7. The van der Waals surface area contributed by atoms with Crippen LogP contribution in [0.4, 0.5) is 0 Å². The average Bonchev–Trinajstić information content (AvgIpc) is 3.34. The maximum absolute atomic E-state index is 13.1. The van der Waals surface area contributed by atoms with Gasteiger partial charge in [-0.2, -0.15) is 0 Å². The minimum Gasteiger partial charge on any atom is -0.480 e. The Kier molecular flexibility index (Phi) is 5.88. The number of thioether (sulfide) groups is 1. The van der Waals surface area contributed by atoms with E-state index >= 15 is 0 Å². The molecule has 0 saturated heterocycles. The predicted molar refractivity (Wildman–Crippen MR) is 123 cm³/mol. The van der Waals surface area contributed by atoms with Gasteiger partial charge in [-0.1, -0.05) is 18.5 Å². The van der Waals surface area contributed by atoms with E-state index in [0.29, 0.717) is 21.7 Å². The zero-order valence-corrected chi connectivity index (χ0v) is 18.9. The quantitative estimate of drug-likeness (QED) is 0.372. The second-order valence-corrected chi connectivity index (χ2v) is 10.5. The highest BCUT2D eigenvalue weighted by Crippen LogP contribution is 2.33. The Hall–Kier alpha value is -2.68. The lowest BCUT2D eigenvalue weighted by Crippen LogP contribution is -2.10. The van der Waals surface area contributed by atoms with E-state index in [0.717, 1.165) is 16.0 Å². The van der Waals surface area contributed by atoms with Crippen LogP contribution >= 0.6 is 23.4 Å². The average molecular weight is 475 g/mol. The third-order valence-electron chi connectivity index (χ3n) is 4.84. The van der Waals surface area contributed by atoms with Crippen LogP contribution in [0.15, 0.2) is 76.9 Å². The van der Waals surface area contributed by atoms with Gasteiger partial charge < -0.3 is 9.67 Å². The minimum absolute atomic E-state index is 0.200. The second kappa shape index (κ2) is 8.45. The molecule has 0 aliphatic carbocycles. The fourth-order valence-electron chi connectivity index (χ4n) is 3.46. The molecule has 2 aromatic heterocycles. The van der Waals surface area contributed by atoms with Crippen molar-refractivity contribution in [2.24, 2.45) is 0 Å². The number of halogens is 1. The van der Waals surface area contributed by atoms with Crippen molar-refractivity contribution in [3.05, 3.63) is 72.1 Å². The number of fused-ring (bicyclic) bond motifs is 1. The molecule has 31 heavy (non-hydrogen) atoms. The summed E-state index contributed by atoms with van der Waals surface area (Å²) in [6.07, 6.45) is 4.73. The van der Waals surface area contributed by atoms with Crippen LogP contribution in [0.3, 0.4) is 0 Å². The first-order valence-electron chi connectivity index (χ1n) is 9.46. The van der Waals surface area contributed by atoms with Crippen molar-refractivity contribution in [1.82, 2.24) is 8.54 Å². The first-order valence-corrected chi connectivity index (χ1v) is 12.3. The summed E-state index contributed by atoms with van der Waals surface area (Å²) in [6.45, 7) is 1.83. The van der Waals surface area contributed by atoms with Crippen LogP contribution in [0, 0.1) is 0 Å². The molecule has 0 fully saturated rings. The molecule has 0 unspecified atom stereocenters. The number of hydrogen-bond acceptors (Lipinski definition) is 4. The van der Waals surface area contributed by atoms with Crippen LogP contribution in [-0.2, 0) is 21.4 Å². The van der Waals surface area contributed by atoms with Gasteiger partial charge in [0.05, 0.1) is 4.90 Å². The van der Waals surface area contributed by atoms with E-state index in [1.165, 1.54) is 16.4 Å². The van der Waals surface area contributed by atoms with Gasteiger partial charge in [-0.25, -0.2) is 12.4 Å². The predicted octanol–water partition coefficient (Wildman–Crippen LogP) is 5.20. The molecule has 4 aromatic rings. The van der Waals surface area contributed by atoms with Crippen molar-refractivity contribution < 1.29 is 18.3 Å². The standard InChI is InChI=1S/C22H19ClN2O4S2/c1-2-30-17-4-6-18(7-5-17)31(28,29)25-10-9-15(12-25)20-13-24(14-22(26)27)21-8-3-16(23)11-19(20)21/h3-13H,2,14H2,1H3,(H,26,27). The van der Waals surface area contributed by atoms with Crippen molar-refractivity contribution in [3.8, 4) is 11.1 Å². The van der Waals surface area contributed by atoms with Crippen LogP contribution in [0.2, 0.25) is 5.02 Å². The minimum atomic E-state index is -3.75. The van der Waals surface area contributed by atoms with Crippen LogP contribution in [0.5, 0.6) is 0 Å². The van der Waals surface area contributed by atoms with Gasteiger partial charge in [-0.05, 0) is 54.3 Å². The lowest BCUT2D eigenvalue weighted by Gasteiger charge is -2.06. The van der Waals surface area contributed by atoms with Crippen molar-refractivity contribution in [2.75, 3.05) is 5.75 Å². The molecule has 160 valence electrons. The Morgan fingerprint density at radius 2 is 1.84 bits per heavy atom. The summed E-state index contributed by atoms with van der Waals surface area (Å²) in [5.74, 6) is -0.0599. The molecule has 0 atom stereocenters. The molecule has 0 amide bonds. The highest BCUT2D eigenvalue weighted by Gasteiger charge is 2.19. The molecule has 0 aliphatic rings. The molecular formula is C22H19ClN2O4S2. The maximum Gasteiger partial charge on any atom is 0.323 e. The number of hydrogen-bond donors (Lipinski definition) is 1. The van der Waals surface area contributed by atoms with E-state index < -0.39 is 16.0 Å². The highest BCUT2D eigenvalue weighted by molar-refractivity contribution is 7.99. The Labute approximate surface area is 189 Å². The van der Waals surface area contributed by atoms with E-state index in [1.54, 1.807) is 71.1 Å². The lowest BCUT2D eigenvalue weighted by molar-refractivity contribution is -0.137. The fraction of sp³-hybridized carbons (Fsp3) is 0.136. The van der Waals surface area contributed by atoms with Crippen LogP contribution < -0.4 is 0 Å². The number of carbonyl (C=O) groups is 1. The van der Waals surface area contributed by atoms with Crippen molar-refractivity contribution in [1.29, 1.82) is 0 Å². The number of aliphatic carboxylic acids is 1. The zero-order chi connectivity index (χ0) is 22.2. The lowest BCUT2D eigenvalue weighted by atomic mass is 10.1. The number of aromatic nitrogens is 2. The van der Waals surface area contributed by atoms with Gasteiger partial charge in [0.25, 0.3) is 10.0 Å². The molecule has 0 bridgehead atoms. The summed E-state index contributed by atoms with van der Waals surface area (Å²) in [4.78, 5) is 12.5. The Morgan fingerprint density at radius 1 is 1.10 bits per heavy atom. The van der Waals surface area contributed by atoms with Crippen molar-refractivity contribution in [2.45, 2.75) is 23.3 Å². The molecule has 2 heterocycles. The van der Waals surface area contributed by atoms with E-state index in [9.17, 15) is 18.3 Å². The molecule has 4 rings (SSSR count). The van der Waals surface area contributed by atoms with Crippen molar-refractivity contribution >= 4 is 50.3 Å². The van der Waals surface area contributed by atoms with Gasteiger partial charge in [0.1, 0.15) is 6.54 Å². The van der Waals surface area contributed by atoms with Crippen LogP contribution in [0.25, 0.3) is 22.0 Å². The summed E-state index contributed by atoms with van der Waals surface area (Å²) >= 11 is 7.80. The molecule has 1 N–H and O–H groups in total. The van der Waals surface area contributed by atoms with Gasteiger partial charge in [0.2, 0.25) is 0 Å². The van der Waals surface area contributed by atoms with Gasteiger partial charge >= 0.3 is 5.97 Å². The third-order valence-corrected chi connectivity index (χ3v) is 7.62. The summed E-state index contributed by atoms with van der Waals surface area (Å²) in [7, 11) is -3.75. The fourth-order valence-corrected chi connectivity index (χ4v) is 5.49. The number of carboxylic acids is 1. The largest absolute Gasteiger partial charge is 0.480 e.